The molecule has 1 fully saturated rings. The molecule has 4 rings (SSSR count). The van der Waals surface area contributed by atoms with Gasteiger partial charge in [0.05, 0.1) is 26.9 Å². The van der Waals surface area contributed by atoms with Crippen LogP contribution in [-0.2, 0) is 35.5 Å². The van der Waals surface area contributed by atoms with E-state index in [-0.39, 0.29) is 12.0 Å². The third-order valence-electron chi connectivity index (χ3n) is 6.26. The van der Waals surface area contributed by atoms with Crippen LogP contribution in [0.5, 0.6) is 17.2 Å². The fraction of sp³-hybridized carbons (Fsp3) is 0.609. The zero-order chi connectivity index (χ0) is 23.2. The standard InChI is InChI=1S/C23H33N5O5/c1-30-16-13-19(31-2)17(20(14-16)32-3)15-27-9-7-22-26-25-21(28(22)11-10-27)6-8-24-23(29)18-5-4-12-33-18/h13-14,18H,4-12,15H2,1-3H3,(H,24,29)/t18-/m1/s1. The maximum atomic E-state index is 12.2. The summed E-state index contributed by atoms with van der Waals surface area (Å²) in [5, 5.41) is 11.7. The highest BCUT2D eigenvalue weighted by atomic mass is 16.5. The van der Waals surface area contributed by atoms with Gasteiger partial charge in [-0.1, -0.05) is 0 Å². The van der Waals surface area contributed by atoms with Crippen LogP contribution in [0.1, 0.15) is 30.1 Å². The van der Waals surface area contributed by atoms with Crippen molar-refractivity contribution in [3.05, 3.63) is 29.3 Å². The number of methoxy groups -OCH3 is 3. The van der Waals surface area contributed by atoms with Crippen LogP contribution in [0.3, 0.4) is 0 Å². The second kappa shape index (κ2) is 10.8. The van der Waals surface area contributed by atoms with E-state index in [1.807, 2.05) is 12.1 Å². The van der Waals surface area contributed by atoms with Crippen molar-refractivity contribution in [3.63, 3.8) is 0 Å². The number of hydrogen-bond donors (Lipinski definition) is 1. The minimum atomic E-state index is -0.305. The van der Waals surface area contributed by atoms with Crippen LogP contribution in [0.4, 0.5) is 0 Å². The van der Waals surface area contributed by atoms with Crippen LogP contribution in [0.15, 0.2) is 12.1 Å². The van der Waals surface area contributed by atoms with Crippen molar-refractivity contribution in [3.8, 4) is 17.2 Å². The fourth-order valence-electron chi connectivity index (χ4n) is 4.42. The van der Waals surface area contributed by atoms with Crippen molar-refractivity contribution >= 4 is 5.91 Å². The molecule has 2 aliphatic rings. The summed E-state index contributed by atoms with van der Waals surface area (Å²) in [5.74, 6) is 4.04. The van der Waals surface area contributed by atoms with Gasteiger partial charge in [-0.2, -0.15) is 0 Å². The van der Waals surface area contributed by atoms with E-state index in [0.717, 1.165) is 67.6 Å². The molecule has 33 heavy (non-hydrogen) atoms. The second-order valence-corrected chi connectivity index (χ2v) is 8.26. The third-order valence-corrected chi connectivity index (χ3v) is 6.26. The van der Waals surface area contributed by atoms with Crippen LogP contribution >= 0.6 is 0 Å². The fourth-order valence-corrected chi connectivity index (χ4v) is 4.42. The Balaban J connectivity index is 1.37. The van der Waals surface area contributed by atoms with E-state index >= 15 is 0 Å². The number of carbonyl (C=O) groups excluding carboxylic acids is 1. The van der Waals surface area contributed by atoms with Crippen molar-refractivity contribution in [1.29, 1.82) is 0 Å². The molecule has 0 unspecified atom stereocenters. The smallest absolute Gasteiger partial charge is 0.249 e. The quantitative estimate of drug-likeness (QED) is 0.597. The van der Waals surface area contributed by atoms with Crippen LogP contribution in [0, 0.1) is 0 Å². The van der Waals surface area contributed by atoms with Gasteiger partial charge >= 0.3 is 0 Å². The molecule has 1 atom stereocenters. The molecule has 1 aromatic heterocycles. The van der Waals surface area contributed by atoms with Crippen LogP contribution in [-0.4, -0.2) is 79.2 Å². The van der Waals surface area contributed by atoms with Crippen molar-refractivity contribution in [2.24, 2.45) is 0 Å². The molecule has 2 aliphatic heterocycles. The molecule has 3 heterocycles. The number of hydrogen-bond acceptors (Lipinski definition) is 8. The molecule has 1 aromatic carbocycles. The molecule has 180 valence electrons. The monoisotopic (exact) mass is 459 g/mol. The summed E-state index contributed by atoms with van der Waals surface area (Å²) in [4.78, 5) is 14.5. The molecule has 10 heteroatoms. The molecule has 0 aliphatic carbocycles. The van der Waals surface area contributed by atoms with Crippen molar-refractivity contribution < 1.29 is 23.7 Å². The van der Waals surface area contributed by atoms with Crippen LogP contribution < -0.4 is 19.5 Å². The first-order chi connectivity index (χ1) is 16.1. The number of amides is 1. The van der Waals surface area contributed by atoms with Gasteiger partial charge in [-0.3, -0.25) is 9.69 Å². The zero-order valence-corrected chi connectivity index (χ0v) is 19.6. The highest BCUT2D eigenvalue weighted by Gasteiger charge is 2.24. The molecule has 2 aromatic rings. The average Bonchev–Trinajstić information content (AvgIpc) is 3.47. The maximum Gasteiger partial charge on any atom is 0.249 e. The molecule has 1 saturated heterocycles. The lowest BCUT2D eigenvalue weighted by atomic mass is 10.1. The Labute approximate surface area is 194 Å². The van der Waals surface area contributed by atoms with E-state index in [1.54, 1.807) is 21.3 Å². The molecule has 1 amide bonds. The van der Waals surface area contributed by atoms with E-state index < -0.39 is 0 Å². The average molecular weight is 460 g/mol. The number of nitrogens with one attached hydrogen (secondary N) is 1. The number of aromatic nitrogens is 3. The number of carbonyl (C=O) groups is 1. The molecule has 0 radical (unpaired) electrons. The first kappa shape index (κ1) is 23.3. The van der Waals surface area contributed by atoms with Crippen molar-refractivity contribution in [2.75, 3.05) is 47.6 Å². The summed E-state index contributed by atoms with van der Waals surface area (Å²) < 4.78 is 24.2. The summed E-state index contributed by atoms with van der Waals surface area (Å²) in [7, 11) is 4.94. The van der Waals surface area contributed by atoms with Gasteiger partial charge in [0.25, 0.3) is 0 Å². The Kier molecular flexibility index (Phi) is 7.66. The Morgan fingerprint density at radius 3 is 2.58 bits per heavy atom. The van der Waals surface area contributed by atoms with Crippen molar-refractivity contribution in [1.82, 2.24) is 25.0 Å². The third kappa shape index (κ3) is 5.39. The lowest BCUT2D eigenvalue weighted by Crippen LogP contribution is -2.35. The van der Waals surface area contributed by atoms with Crippen LogP contribution in [0.2, 0.25) is 0 Å². The normalized spacial score (nSPS) is 18.5. The molecule has 0 bridgehead atoms. The highest BCUT2D eigenvalue weighted by Crippen LogP contribution is 2.35. The number of fused-ring (bicyclic) bond motifs is 1. The van der Waals surface area contributed by atoms with Gasteiger partial charge in [-0.15, -0.1) is 10.2 Å². The Bertz CT molecular complexity index is 932. The van der Waals surface area contributed by atoms with Gasteiger partial charge in [0.2, 0.25) is 5.91 Å². The summed E-state index contributed by atoms with van der Waals surface area (Å²) in [6.07, 6.45) is 2.88. The Hall–Kier alpha value is -2.85. The van der Waals surface area contributed by atoms with Gasteiger partial charge < -0.3 is 28.8 Å². The first-order valence-corrected chi connectivity index (χ1v) is 11.4. The van der Waals surface area contributed by atoms with Gasteiger partial charge in [0.15, 0.2) is 0 Å². The lowest BCUT2D eigenvalue weighted by molar-refractivity contribution is -0.130. The van der Waals surface area contributed by atoms with E-state index in [0.29, 0.717) is 31.9 Å². The molecule has 0 saturated carbocycles. The zero-order valence-electron chi connectivity index (χ0n) is 19.6. The van der Waals surface area contributed by atoms with E-state index in [4.69, 9.17) is 18.9 Å². The number of rotatable bonds is 9. The molecule has 0 spiro atoms. The van der Waals surface area contributed by atoms with Gasteiger partial charge in [-0.25, -0.2) is 0 Å². The van der Waals surface area contributed by atoms with Crippen molar-refractivity contribution in [2.45, 2.75) is 44.9 Å². The molecular weight excluding hydrogens is 426 g/mol. The molecular formula is C23H33N5O5. The van der Waals surface area contributed by atoms with E-state index in [2.05, 4.69) is 25.0 Å². The van der Waals surface area contributed by atoms with Gasteiger partial charge in [0.1, 0.15) is 35.0 Å². The topological polar surface area (TPSA) is 100.0 Å². The second-order valence-electron chi connectivity index (χ2n) is 8.26. The van der Waals surface area contributed by atoms with E-state index in [1.165, 1.54) is 0 Å². The lowest BCUT2D eigenvalue weighted by Gasteiger charge is -2.23. The highest BCUT2D eigenvalue weighted by molar-refractivity contribution is 5.80. The summed E-state index contributed by atoms with van der Waals surface area (Å²) in [5.41, 5.74) is 0.996. The minimum absolute atomic E-state index is 0.0309. The van der Waals surface area contributed by atoms with Gasteiger partial charge in [0, 0.05) is 64.3 Å². The number of nitrogens with zero attached hydrogens (tertiary/aromatic N) is 4. The summed E-state index contributed by atoms with van der Waals surface area (Å²) in [6.45, 7) is 4.38. The number of benzene rings is 1. The van der Waals surface area contributed by atoms with E-state index in [9.17, 15) is 4.79 Å². The predicted molar refractivity (Wildman–Crippen MR) is 121 cm³/mol. The first-order valence-electron chi connectivity index (χ1n) is 11.4. The maximum absolute atomic E-state index is 12.2. The Morgan fingerprint density at radius 2 is 1.91 bits per heavy atom. The summed E-state index contributed by atoms with van der Waals surface area (Å²) in [6, 6.07) is 3.77. The molecule has 1 N–H and O–H groups in total. The Morgan fingerprint density at radius 1 is 1.12 bits per heavy atom. The SMILES string of the molecule is COc1cc(OC)c(CN2CCc3nnc(CCNC(=O)[C@H]4CCCO4)n3CC2)c(OC)c1. The minimum Gasteiger partial charge on any atom is -0.496 e. The van der Waals surface area contributed by atoms with Crippen LogP contribution in [0.25, 0.3) is 0 Å². The largest absolute Gasteiger partial charge is 0.496 e. The number of ether oxygens (including phenoxy) is 4. The van der Waals surface area contributed by atoms with Gasteiger partial charge in [-0.05, 0) is 12.8 Å². The summed E-state index contributed by atoms with van der Waals surface area (Å²) >= 11 is 0. The predicted octanol–water partition coefficient (Wildman–Crippen LogP) is 1.20. The molecule has 10 nitrogen and oxygen atoms in total.